The van der Waals surface area contributed by atoms with E-state index in [1.165, 1.54) is 0 Å². The van der Waals surface area contributed by atoms with Gasteiger partial charge in [-0.2, -0.15) is 0 Å². The molecule has 0 saturated carbocycles. The molecule has 0 bridgehead atoms. The van der Waals surface area contributed by atoms with Gasteiger partial charge in [-0.1, -0.05) is 36.4 Å². The number of carbonyl (C=O) groups excluding carboxylic acids is 2. The van der Waals surface area contributed by atoms with Crippen molar-refractivity contribution in [3.05, 3.63) is 71.4 Å². The van der Waals surface area contributed by atoms with Gasteiger partial charge in [0.2, 0.25) is 0 Å². The quantitative estimate of drug-likeness (QED) is 0.692. The average molecular weight is 374 g/mol. The molecule has 0 radical (unpaired) electrons. The maximum absolute atomic E-state index is 13.1. The molecule has 1 unspecified atom stereocenters. The molecule has 0 aliphatic heterocycles. The van der Waals surface area contributed by atoms with Crippen LogP contribution in [0.5, 0.6) is 0 Å². The molecule has 0 fully saturated rings. The third-order valence-electron chi connectivity index (χ3n) is 5.07. The van der Waals surface area contributed by atoms with Crippen molar-refractivity contribution in [3.63, 3.8) is 0 Å². The number of para-hydroxylation sites is 2. The highest BCUT2D eigenvalue weighted by Crippen LogP contribution is 2.30. The van der Waals surface area contributed by atoms with E-state index in [2.05, 4.69) is 5.32 Å². The Bertz CT molecular complexity index is 1030. The van der Waals surface area contributed by atoms with Crippen LogP contribution in [0.15, 0.2) is 54.6 Å². The van der Waals surface area contributed by atoms with E-state index < -0.39 is 12.1 Å². The summed E-state index contributed by atoms with van der Waals surface area (Å²) in [5.74, 6) is -0.820. The van der Waals surface area contributed by atoms with Crippen LogP contribution in [0.3, 0.4) is 0 Å². The van der Waals surface area contributed by atoms with Crippen LogP contribution in [-0.2, 0) is 22.4 Å². The molecule has 1 aliphatic rings. The second-order valence-electron chi connectivity index (χ2n) is 7.04. The Morgan fingerprint density at radius 1 is 1.00 bits per heavy atom. The first-order chi connectivity index (χ1) is 13.6. The minimum absolute atomic E-state index is 0.355. The molecule has 1 N–H and O–H groups in total. The highest BCUT2D eigenvalue weighted by molar-refractivity contribution is 6.06. The lowest BCUT2D eigenvalue weighted by atomic mass is 9.90. The summed E-state index contributed by atoms with van der Waals surface area (Å²) < 4.78 is 5.57. The second kappa shape index (κ2) is 7.80. The van der Waals surface area contributed by atoms with E-state index in [4.69, 9.17) is 9.72 Å². The lowest BCUT2D eigenvalue weighted by molar-refractivity contribution is -0.123. The molecule has 142 valence electrons. The van der Waals surface area contributed by atoms with Gasteiger partial charge < -0.3 is 10.1 Å². The summed E-state index contributed by atoms with van der Waals surface area (Å²) in [6.45, 7) is 1.59. The van der Waals surface area contributed by atoms with Crippen molar-refractivity contribution in [1.82, 2.24) is 4.98 Å². The molecule has 0 saturated heterocycles. The van der Waals surface area contributed by atoms with E-state index in [1.807, 2.05) is 42.5 Å². The van der Waals surface area contributed by atoms with Crippen LogP contribution >= 0.6 is 0 Å². The number of carbonyl (C=O) groups is 2. The Labute approximate surface area is 163 Å². The van der Waals surface area contributed by atoms with Crippen molar-refractivity contribution in [2.75, 3.05) is 5.32 Å². The number of esters is 1. The fraction of sp³-hybridized carbons (Fsp3) is 0.261. The van der Waals surface area contributed by atoms with Crippen LogP contribution < -0.4 is 5.32 Å². The lowest BCUT2D eigenvalue weighted by Gasteiger charge is -2.21. The monoisotopic (exact) mass is 374 g/mol. The largest absolute Gasteiger partial charge is 0.449 e. The fourth-order valence-electron chi connectivity index (χ4n) is 3.64. The zero-order chi connectivity index (χ0) is 19.5. The smallest absolute Gasteiger partial charge is 0.339 e. The molecule has 3 aromatic rings. The second-order valence-corrected chi connectivity index (χ2v) is 7.04. The molecule has 1 amide bonds. The van der Waals surface area contributed by atoms with E-state index in [0.29, 0.717) is 11.3 Å². The van der Waals surface area contributed by atoms with Crippen molar-refractivity contribution in [3.8, 4) is 0 Å². The number of nitrogens with zero attached hydrogens (tertiary/aromatic N) is 1. The number of hydrogen-bond acceptors (Lipinski definition) is 4. The molecule has 5 nitrogen and oxygen atoms in total. The van der Waals surface area contributed by atoms with E-state index >= 15 is 0 Å². The van der Waals surface area contributed by atoms with Gasteiger partial charge in [-0.05, 0) is 56.4 Å². The number of aryl methyl sites for hydroxylation is 1. The number of ether oxygens (including phenoxy) is 1. The van der Waals surface area contributed by atoms with Crippen LogP contribution in [0.25, 0.3) is 10.9 Å². The first kappa shape index (κ1) is 18.2. The van der Waals surface area contributed by atoms with Crippen LogP contribution in [0, 0.1) is 0 Å². The molecular weight excluding hydrogens is 352 g/mol. The maximum Gasteiger partial charge on any atom is 0.339 e. The van der Waals surface area contributed by atoms with Gasteiger partial charge in [-0.3, -0.25) is 9.78 Å². The molecule has 1 aromatic heterocycles. The standard InChI is InChI=1S/C23H22N2O3/c1-15(22(26)24-16-9-3-2-4-10-16)28-23(27)21-17-11-5-7-13-19(17)25-20-14-8-6-12-18(20)21/h2-5,7,9-11,13,15H,6,8,12,14H2,1H3,(H,24,26). The van der Waals surface area contributed by atoms with E-state index in [9.17, 15) is 9.59 Å². The van der Waals surface area contributed by atoms with Gasteiger partial charge in [0.25, 0.3) is 5.91 Å². The molecule has 1 heterocycles. The molecule has 2 aromatic carbocycles. The summed E-state index contributed by atoms with van der Waals surface area (Å²) in [5, 5.41) is 3.55. The Balaban J connectivity index is 1.61. The fourth-order valence-corrected chi connectivity index (χ4v) is 3.64. The number of amides is 1. The molecule has 0 spiro atoms. The Morgan fingerprint density at radius 2 is 1.71 bits per heavy atom. The van der Waals surface area contributed by atoms with Crippen molar-refractivity contribution in [1.29, 1.82) is 0 Å². The number of benzene rings is 2. The van der Waals surface area contributed by atoms with Crippen LogP contribution in [-0.4, -0.2) is 23.0 Å². The Morgan fingerprint density at radius 3 is 2.54 bits per heavy atom. The average Bonchev–Trinajstić information content (AvgIpc) is 2.72. The highest BCUT2D eigenvalue weighted by Gasteiger charge is 2.26. The van der Waals surface area contributed by atoms with Crippen molar-refractivity contribution in [2.24, 2.45) is 0 Å². The van der Waals surface area contributed by atoms with Gasteiger partial charge >= 0.3 is 5.97 Å². The van der Waals surface area contributed by atoms with Gasteiger partial charge in [0.15, 0.2) is 6.10 Å². The number of nitrogens with one attached hydrogen (secondary N) is 1. The summed E-state index contributed by atoms with van der Waals surface area (Å²) in [4.78, 5) is 30.2. The van der Waals surface area contributed by atoms with Gasteiger partial charge in [-0.25, -0.2) is 4.79 Å². The number of pyridine rings is 1. The topological polar surface area (TPSA) is 68.3 Å². The minimum Gasteiger partial charge on any atom is -0.449 e. The number of fused-ring (bicyclic) bond motifs is 2. The third-order valence-corrected chi connectivity index (χ3v) is 5.07. The normalized spacial score (nSPS) is 14.2. The molecule has 5 heteroatoms. The van der Waals surface area contributed by atoms with Gasteiger partial charge in [-0.15, -0.1) is 0 Å². The van der Waals surface area contributed by atoms with Crippen LogP contribution in [0.2, 0.25) is 0 Å². The zero-order valence-electron chi connectivity index (χ0n) is 15.8. The summed E-state index contributed by atoms with van der Waals surface area (Å²) in [6.07, 6.45) is 2.87. The molecule has 4 rings (SSSR count). The number of aromatic nitrogens is 1. The van der Waals surface area contributed by atoms with Gasteiger partial charge in [0, 0.05) is 16.8 Å². The third kappa shape index (κ3) is 3.60. The lowest BCUT2D eigenvalue weighted by Crippen LogP contribution is -2.30. The van der Waals surface area contributed by atoms with Gasteiger partial charge in [0.05, 0.1) is 11.1 Å². The molecular formula is C23H22N2O3. The predicted octanol–water partition coefficient (Wildman–Crippen LogP) is 4.30. The highest BCUT2D eigenvalue weighted by atomic mass is 16.5. The first-order valence-corrected chi connectivity index (χ1v) is 9.61. The Hall–Kier alpha value is -3.21. The van der Waals surface area contributed by atoms with Crippen molar-refractivity contribution >= 4 is 28.5 Å². The van der Waals surface area contributed by atoms with Crippen LogP contribution in [0.4, 0.5) is 5.69 Å². The number of rotatable bonds is 4. The van der Waals surface area contributed by atoms with Gasteiger partial charge in [0.1, 0.15) is 0 Å². The summed E-state index contributed by atoms with van der Waals surface area (Å²) in [5.41, 5.74) is 3.95. The van der Waals surface area contributed by atoms with E-state index in [-0.39, 0.29) is 5.91 Å². The first-order valence-electron chi connectivity index (χ1n) is 9.61. The van der Waals surface area contributed by atoms with Crippen LogP contribution in [0.1, 0.15) is 41.4 Å². The van der Waals surface area contributed by atoms with E-state index in [0.717, 1.165) is 47.8 Å². The maximum atomic E-state index is 13.1. The zero-order valence-corrected chi connectivity index (χ0v) is 15.8. The van der Waals surface area contributed by atoms with E-state index in [1.54, 1.807) is 19.1 Å². The molecule has 28 heavy (non-hydrogen) atoms. The summed E-state index contributed by atoms with van der Waals surface area (Å²) in [7, 11) is 0. The minimum atomic E-state index is -0.904. The summed E-state index contributed by atoms with van der Waals surface area (Å²) in [6, 6.07) is 16.7. The summed E-state index contributed by atoms with van der Waals surface area (Å²) >= 11 is 0. The SMILES string of the molecule is CC(OC(=O)c1c2c(nc3ccccc13)CCCC2)C(=O)Nc1ccccc1. The van der Waals surface area contributed by atoms with Crippen molar-refractivity contribution < 1.29 is 14.3 Å². The molecule has 1 atom stereocenters. The predicted molar refractivity (Wildman–Crippen MR) is 108 cm³/mol. The molecule has 1 aliphatic carbocycles. The number of hydrogen-bond donors (Lipinski definition) is 1. The Kier molecular flexibility index (Phi) is 5.06. The number of anilines is 1. The van der Waals surface area contributed by atoms with Crippen molar-refractivity contribution in [2.45, 2.75) is 38.7 Å².